The van der Waals surface area contributed by atoms with Gasteiger partial charge in [0.15, 0.2) is 0 Å². The number of aromatic nitrogens is 2. The number of benzene rings is 1. The van der Waals surface area contributed by atoms with Crippen LogP contribution in [0.25, 0.3) is 0 Å². The Morgan fingerprint density at radius 2 is 2.05 bits per heavy atom. The molecular weight excluding hydrogens is 266 g/mol. The minimum absolute atomic E-state index is 0.287. The summed E-state index contributed by atoms with van der Waals surface area (Å²) < 4.78 is 1.32. The van der Waals surface area contributed by atoms with Crippen LogP contribution in [0.4, 0.5) is 5.82 Å². The third-order valence-corrected chi connectivity index (χ3v) is 3.73. The molecule has 0 radical (unpaired) electrons. The lowest BCUT2D eigenvalue weighted by Crippen LogP contribution is -2.38. The SMILES string of the molecule is CCCc1cc2n(n1)C(=O)C(c1ccccc1C)C(=O)N2. The Bertz CT molecular complexity index is 718. The molecule has 0 saturated carbocycles. The lowest BCUT2D eigenvalue weighted by molar-refractivity contribution is -0.117. The highest BCUT2D eigenvalue weighted by atomic mass is 16.2. The number of anilines is 1. The molecule has 2 aromatic rings. The second-order valence-corrected chi connectivity index (χ2v) is 5.30. The van der Waals surface area contributed by atoms with Gasteiger partial charge in [0.05, 0.1) is 5.69 Å². The van der Waals surface area contributed by atoms with Crippen LogP contribution >= 0.6 is 0 Å². The van der Waals surface area contributed by atoms with Gasteiger partial charge in [0.25, 0.3) is 5.91 Å². The van der Waals surface area contributed by atoms with Crippen molar-refractivity contribution in [2.75, 3.05) is 5.32 Å². The third-order valence-electron chi connectivity index (χ3n) is 3.73. The number of carbonyl (C=O) groups is 2. The molecule has 5 nitrogen and oxygen atoms in total. The van der Waals surface area contributed by atoms with Crippen molar-refractivity contribution in [2.24, 2.45) is 0 Å². The van der Waals surface area contributed by atoms with E-state index in [0.717, 1.165) is 29.7 Å². The van der Waals surface area contributed by atoms with Gasteiger partial charge in [-0.3, -0.25) is 9.59 Å². The Morgan fingerprint density at radius 1 is 1.29 bits per heavy atom. The molecule has 1 unspecified atom stereocenters. The van der Waals surface area contributed by atoms with Crippen molar-refractivity contribution < 1.29 is 9.59 Å². The van der Waals surface area contributed by atoms with Crippen molar-refractivity contribution in [2.45, 2.75) is 32.6 Å². The molecule has 1 N–H and O–H groups in total. The number of nitrogens with one attached hydrogen (secondary N) is 1. The number of rotatable bonds is 3. The molecule has 0 spiro atoms. The molecule has 1 amide bonds. The van der Waals surface area contributed by atoms with Gasteiger partial charge in [-0.15, -0.1) is 0 Å². The normalized spacial score (nSPS) is 17.5. The first-order chi connectivity index (χ1) is 10.1. The zero-order valence-corrected chi connectivity index (χ0v) is 12.1. The molecule has 2 heterocycles. The van der Waals surface area contributed by atoms with E-state index in [0.29, 0.717) is 5.82 Å². The molecular formula is C16H17N3O2. The van der Waals surface area contributed by atoms with E-state index in [9.17, 15) is 9.59 Å². The molecule has 21 heavy (non-hydrogen) atoms. The summed E-state index contributed by atoms with van der Waals surface area (Å²) in [6, 6.07) is 9.22. The van der Waals surface area contributed by atoms with Crippen LogP contribution in [0, 0.1) is 6.92 Å². The van der Waals surface area contributed by atoms with Gasteiger partial charge < -0.3 is 5.32 Å². The fourth-order valence-electron chi connectivity index (χ4n) is 2.68. The number of hydrogen-bond acceptors (Lipinski definition) is 3. The van der Waals surface area contributed by atoms with Gasteiger partial charge in [-0.05, 0) is 24.5 Å². The standard InChI is InChI=1S/C16H17N3O2/c1-3-6-11-9-13-17-15(20)14(16(21)19(13)18-11)12-8-5-4-7-10(12)2/h4-5,7-9,14H,3,6H2,1-2H3,(H,17,20). The highest BCUT2D eigenvalue weighted by molar-refractivity contribution is 6.15. The van der Waals surface area contributed by atoms with Gasteiger partial charge >= 0.3 is 0 Å². The molecule has 1 aliphatic heterocycles. The van der Waals surface area contributed by atoms with Crippen molar-refractivity contribution in [3.05, 3.63) is 47.2 Å². The largest absolute Gasteiger partial charge is 0.309 e. The van der Waals surface area contributed by atoms with Crippen LogP contribution in [0.15, 0.2) is 30.3 Å². The summed E-state index contributed by atoms with van der Waals surface area (Å²) in [4.78, 5) is 25.0. The first kappa shape index (κ1) is 13.5. The zero-order valence-electron chi connectivity index (χ0n) is 12.1. The van der Waals surface area contributed by atoms with Crippen LogP contribution in [-0.4, -0.2) is 21.6 Å². The van der Waals surface area contributed by atoms with E-state index in [-0.39, 0.29) is 11.8 Å². The molecule has 0 saturated heterocycles. The maximum atomic E-state index is 12.6. The van der Waals surface area contributed by atoms with Crippen LogP contribution < -0.4 is 5.32 Å². The fourth-order valence-corrected chi connectivity index (χ4v) is 2.68. The van der Waals surface area contributed by atoms with Gasteiger partial charge in [-0.2, -0.15) is 9.78 Å². The summed E-state index contributed by atoms with van der Waals surface area (Å²) in [5, 5.41) is 7.10. The Labute approximate surface area is 123 Å². The molecule has 1 atom stereocenters. The zero-order chi connectivity index (χ0) is 15.0. The molecule has 5 heteroatoms. The lowest BCUT2D eigenvalue weighted by atomic mass is 9.92. The summed E-state index contributed by atoms with van der Waals surface area (Å²) in [6.07, 6.45) is 1.73. The predicted octanol–water partition coefficient (Wildman–Crippen LogP) is 2.52. The minimum atomic E-state index is -0.826. The first-order valence-corrected chi connectivity index (χ1v) is 7.11. The first-order valence-electron chi connectivity index (χ1n) is 7.11. The number of fused-ring (bicyclic) bond motifs is 1. The van der Waals surface area contributed by atoms with E-state index in [4.69, 9.17) is 0 Å². The number of aryl methyl sites for hydroxylation is 2. The maximum absolute atomic E-state index is 12.6. The molecule has 108 valence electrons. The van der Waals surface area contributed by atoms with Crippen LogP contribution in [-0.2, 0) is 11.2 Å². The molecule has 3 rings (SSSR count). The van der Waals surface area contributed by atoms with Gasteiger partial charge in [-0.1, -0.05) is 37.6 Å². The second-order valence-electron chi connectivity index (χ2n) is 5.30. The monoisotopic (exact) mass is 283 g/mol. The van der Waals surface area contributed by atoms with Gasteiger partial charge in [0, 0.05) is 6.07 Å². The quantitative estimate of drug-likeness (QED) is 0.880. The molecule has 0 aliphatic carbocycles. The van der Waals surface area contributed by atoms with Crippen molar-refractivity contribution in [3.63, 3.8) is 0 Å². The number of hydrogen-bond donors (Lipinski definition) is 1. The highest BCUT2D eigenvalue weighted by Crippen LogP contribution is 2.29. The fraction of sp³-hybridized carbons (Fsp3) is 0.312. The number of amides is 1. The molecule has 0 fully saturated rings. The summed E-state index contributed by atoms with van der Waals surface area (Å²) >= 11 is 0. The van der Waals surface area contributed by atoms with E-state index in [1.165, 1.54) is 4.68 Å². The molecule has 1 aliphatic rings. The smallest absolute Gasteiger partial charge is 0.265 e. The van der Waals surface area contributed by atoms with Crippen molar-refractivity contribution in [1.29, 1.82) is 0 Å². The second kappa shape index (κ2) is 5.16. The summed E-state index contributed by atoms with van der Waals surface area (Å²) in [5.41, 5.74) is 2.49. The minimum Gasteiger partial charge on any atom is -0.309 e. The van der Waals surface area contributed by atoms with Gasteiger partial charge in [0.1, 0.15) is 11.7 Å². The summed E-state index contributed by atoms with van der Waals surface area (Å²) in [5.74, 6) is -0.929. The Balaban J connectivity index is 2.03. The van der Waals surface area contributed by atoms with E-state index in [2.05, 4.69) is 17.3 Å². The van der Waals surface area contributed by atoms with Crippen LogP contribution in [0.2, 0.25) is 0 Å². The number of carbonyl (C=O) groups excluding carboxylic acids is 2. The Hall–Kier alpha value is -2.43. The molecule has 1 aromatic carbocycles. The highest BCUT2D eigenvalue weighted by Gasteiger charge is 2.37. The maximum Gasteiger partial charge on any atom is 0.265 e. The van der Waals surface area contributed by atoms with Gasteiger partial charge in [0.2, 0.25) is 5.91 Å². The van der Waals surface area contributed by atoms with E-state index in [1.807, 2.05) is 31.2 Å². The van der Waals surface area contributed by atoms with Crippen molar-refractivity contribution >= 4 is 17.6 Å². The van der Waals surface area contributed by atoms with Crippen molar-refractivity contribution in [1.82, 2.24) is 9.78 Å². The molecule has 1 aromatic heterocycles. The van der Waals surface area contributed by atoms with Crippen LogP contribution in [0.1, 0.15) is 40.9 Å². The van der Waals surface area contributed by atoms with Crippen LogP contribution in [0.5, 0.6) is 0 Å². The van der Waals surface area contributed by atoms with E-state index in [1.54, 1.807) is 6.07 Å². The molecule has 0 bridgehead atoms. The average molecular weight is 283 g/mol. The third kappa shape index (κ3) is 2.24. The van der Waals surface area contributed by atoms with E-state index >= 15 is 0 Å². The lowest BCUT2D eigenvalue weighted by Gasteiger charge is -2.23. The Kier molecular flexibility index (Phi) is 3.33. The van der Waals surface area contributed by atoms with Crippen LogP contribution in [0.3, 0.4) is 0 Å². The summed E-state index contributed by atoms with van der Waals surface area (Å²) in [6.45, 7) is 3.95. The predicted molar refractivity (Wildman–Crippen MR) is 79.4 cm³/mol. The van der Waals surface area contributed by atoms with Crippen molar-refractivity contribution in [3.8, 4) is 0 Å². The van der Waals surface area contributed by atoms with E-state index < -0.39 is 5.92 Å². The average Bonchev–Trinajstić information content (AvgIpc) is 2.84. The number of nitrogens with zero attached hydrogens (tertiary/aromatic N) is 2. The summed E-state index contributed by atoms with van der Waals surface area (Å²) in [7, 11) is 0. The Morgan fingerprint density at radius 3 is 2.76 bits per heavy atom. The van der Waals surface area contributed by atoms with Gasteiger partial charge in [-0.25, -0.2) is 0 Å². The topological polar surface area (TPSA) is 64.0 Å².